The molecule has 2 fully saturated rings. The first-order valence-electron chi connectivity index (χ1n) is 11.8. The lowest BCUT2D eigenvalue weighted by Crippen LogP contribution is -2.39. The fourth-order valence-corrected chi connectivity index (χ4v) is 5.15. The molecule has 3 unspecified atom stereocenters. The van der Waals surface area contributed by atoms with Crippen LogP contribution in [0.4, 0.5) is 14.6 Å². The lowest BCUT2D eigenvalue weighted by molar-refractivity contribution is 0.0604. The second-order valence-electron chi connectivity index (χ2n) is 9.61. The Morgan fingerprint density at radius 3 is 2.71 bits per heavy atom. The molecular formula is C25H29F2N5O2. The molecule has 1 N–H and O–H groups in total. The van der Waals surface area contributed by atoms with Crippen LogP contribution in [0.25, 0.3) is 5.65 Å². The van der Waals surface area contributed by atoms with E-state index in [1.54, 1.807) is 9.42 Å². The number of rotatable bonds is 3. The van der Waals surface area contributed by atoms with Crippen molar-refractivity contribution in [1.29, 1.82) is 0 Å². The Bertz CT molecular complexity index is 1250. The van der Waals surface area contributed by atoms with Crippen LogP contribution in [0.2, 0.25) is 0 Å². The van der Waals surface area contributed by atoms with Crippen molar-refractivity contribution in [2.24, 2.45) is 5.92 Å². The van der Waals surface area contributed by atoms with Crippen LogP contribution >= 0.6 is 0 Å². The molecule has 7 nitrogen and oxygen atoms in total. The minimum atomic E-state index is -0.985. The van der Waals surface area contributed by atoms with Crippen LogP contribution in [0.1, 0.15) is 59.4 Å². The number of benzene rings is 1. The van der Waals surface area contributed by atoms with Gasteiger partial charge in [0.25, 0.3) is 5.91 Å². The first-order chi connectivity index (χ1) is 16.2. The summed E-state index contributed by atoms with van der Waals surface area (Å²) in [5.74, 6) is -1.25. The number of hydrogen-bond donors (Lipinski definition) is 1. The van der Waals surface area contributed by atoms with Crippen molar-refractivity contribution in [3.8, 4) is 0 Å². The van der Waals surface area contributed by atoms with Crippen LogP contribution < -0.4 is 4.90 Å². The number of nitrogens with zero attached hydrogens (tertiary/aromatic N) is 5. The van der Waals surface area contributed by atoms with E-state index in [4.69, 9.17) is 10.1 Å². The van der Waals surface area contributed by atoms with Gasteiger partial charge in [-0.15, -0.1) is 0 Å². The minimum Gasteiger partial charge on any atom is -0.391 e. The maximum Gasteiger partial charge on any atom is 0.254 e. The van der Waals surface area contributed by atoms with E-state index >= 15 is 0 Å². The molecule has 2 aromatic heterocycles. The Kier molecular flexibility index (Phi) is 5.75. The number of aliphatic hydroxyl groups excluding tert-OH is 1. The van der Waals surface area contributed by atoms with Gasteiger partial charge in [-0.3, -0.25) is 4.79 Å². The van der Waals surface area contributed by atoms with Gasteiger partial charge < -0.3 is 14.9 Å². The van der Waals surface area contributed by atoms with Crippen molar-refractivity contribution in [2.75, 3.05) is 24.5 Å². The average Bonchev–Trinajstić information content (AvgIpc) is 3.38. The monoisotopic (exact) mass is 469 g/mol. The fourth-order valence-electron chi connectivity index (χ4n) is 5.15. The number of aryl methyl sites for hydroxylation is 1. The third-order valence-corrected chi connectivity index (χ3v) is 7.17. The van der Waals surface area contributed by atoms with Gasteiger partial charge in [-0.05, 0) is 45.2 Å². The number of fused-ring (bicyclic) bond motifs is 1. The predicted octanol–water partition coefficient (Wildman–Crippen LogP) is 3.81. The van der Waals surface area contributed by atoms with E-state index in [1.165, 1.54) is 13.0 Å². The zero-order chi connectivity index (χ0) is 24.1. The number of amides is 1. The van der Waals surface area contributed by atoms with E-state index in [9.17, 15) is 18.7 Å². The Balaban J connectivity index is 1.48. The first kappa shape index (κ1) is 22.7. The molecule has 4 heterocycles. The molecule has 2 aliphatic heterocycles. The van der Waals surface area contributed by atoms with E-state index in [0.29, 0.717) is 18.7 Å². The second-order valence-corrected chi connectivity index (χ2v) is 9.61. The maximum absolute atomic E-state index is 14.1. The summed E-state index contributed by atoms with van der Waals surface area (Å²) in [6.45, 7) is 7.24. The summed E-state index contributed by atoms with van der Waals surface area (Å²) >= 11 is 0. The van der Waals surface area contributed by atoms with Gasteiger partial charge in [0.2, 0.25) is 0 Å². The van der Waals surface area contributed by atoms with Gasteiger partial charge in [-0.1, -0.05) is 6.92 Å². The molecule has 2 saturated heterocycles. The van der Waals surface area contributed by atoms with Crippen molar-refractivity contribution < 1.29 is 18.7 Å². The summed E-state index contributed by atoms with van der Waals surface area (Å²) in [5, 5.41) is 14.9. The standard InChI is InChI=1S/C25H29F2N5O2/c1-14-11-30(13-21(14)33)24-15(2)12-32-22(28-24)10-19(29-32)20-6-4-5-9-31(20)25(34)17-7-8-18(26)23(27)16(17)3/h7-8,10,12,14,20-21,33H,4-6,9,11,13H2,1-3H3. The number of aromatic nitrogens is 3. The van der Waals surface area contributed by atoms with Crippen molar-refractivity contribution in [1.82, 2.24) is 19.5 Å². The topological polar surface area (TPSA) is 74.0 Å². The van der Waals surface area contributed by atoms with E-state index in [0.717, 1.165) is 48.9 Å². The normalized spacial score (nSPS) is 23.2. The first-order valence-corrected chi connectivity index (χ1v) is 11.8. The Labute approximate surface area is 197 Å². The highest BCUT2D eigenvalue weighted by molar-refractivity contribution is 5.96. The zero-order valence-electron chi connectivity index (χ0n) is 19.6. The molecule has 0 aliphatic carbocycles. The largest absolute Gasteiger partial charge is 0.391 e. The van der Waals surface area contributed by atoms with Crippen LogP contribution in [-0.4, -0.2) is 56.2 Å². The average molecular weight is 470 g/mol. The Morgan fingerprint density at radius 1 is 1.18 bits per heavy atom. The summed E-state index contributed by atoms with van der Waals surface area (Å²) in [5.41, 5.74) is 2.55. The second kappa shape index (κ2) is 8.61. The molecule has 34 heavy (non-hydrogen) atoms. The molecule has 0 bridgehead atoms. The fraction of sp³-hybridized carbons (Fsp3) is 0.480. The number of aliphatic hydroxyl groups is 1. The van der Waals surface area contributed by atoms with E-state index < -0.39 is 11.6 Å². The summed E-state index contributed by atoms with van der Waals surface area (Å²) in [6.07, 6.45) is 4.07. The van der Waals surface area contributed by atoms with Crippen molar-refractivity contribution in [3.63, 3.8) is 0 Å². The molecule has 0 spiro atoms. The summed E-state index contributed by atoms with van der Waals surface area (Å²) in [7, 11) is 0. The van der Waals surface area contributed by atoms with Gasteiger partial charge in [-0.25, -0.2) is 18.3 Å². The smallest absolute Gasteiger partial charge is 0.254 e. The number of carbonyl (C=O) groups excluding carboxylic acids is 1. The molecular weight excluding hydrogens is 440 g/mol. The van der Waals surface area contributed by atoms with Crippen LogP contribution in [0.5, 0.6) is 0 Å². The zero-order valence-corrected chi connectivity index (χ0v) is 19.6. The highest BCUT2D eigenvalue weighted by Crippen LogP contribution is 2.33. The number of anilines is 1. The number of likely N-dealkylation sites (tertiary alicyclic amines) is 1. The Morgan fingerprint density at radius 2 is 1.97 bits per heavy atom. The summed E-state index contributed by atoms with van der Waals surface area (Å²) in [6, 6.07) is 3.98. The Hall–Kier alpha value is -3.07. The predicted molar refractivity (Wildman–Crippen MR) is 124 cm³/mol. The SMILES string of the molecule is Cc1cn2nc(C3CCCCN3C(=O)c3ccc(F)c(F)c3C)cc2nc1N1CC(C)C(O)C1. The number of carbonyl (C=O) groups is 1. The van der Waals surface area contributed by atoms with Crippen molar-refractivity contribution >= 4 is 17.4 Å². The van der Waals surface area contributed by atoms with E-state index in [-0.39, 0.29) is 35.1 Å². The summed E-state index contributed by atoms with van der Waals surface area (Å²) < 4.78 is 29.5. The molecule has 3 aromatic rings. The molecule has 1 amide bonds. The van der Waals surface area contributed by atoms with Crippen LogP contribution in [0.15, 0.2) is 24.4 Å². The third kappa shape index (κ3) is 3.81. The molecule has 5 rings (SSSR count). The van der Waals surface area contributed by atoms with E-state index in [2.05, 4.69) is 4.90 Å². The minimum absolute atomic E-state index is 0.0216. The molecule has 0 radical (unpaired) electrons. The van der Waals surface area contributed by atoms with Gasteiger partial charge in [0.15, 0.2) is 17.3 Å². The van der Waals surface area contributed by atoms with Gasteiger partial charge in [0, 0.05) is 54.5 Å². The van der Waals surface area contributed by atoms with Crippen LogP contribution in [-0.2, 0) is 0 Å². The van der Waals surface area contributed by atoms with Gasteiger partial charge in [0.05, 0.1) is 17.8 Å². The van der Waals surface area contributed by atoms with Crippen LogP contribution in [0, 0.1) is 31.4 Å². The molecule has 3 atom stereocenters. The van der Waals surface area contributed by atoms with E-state index in [1.807, 2.05) is 26.1 Å². The summed E-state index contributed by atoms with van der Waals surface area (Å²) in [4.78, 5) is 22.0. The molecule has 2 aliphatic rings. The number of halogens is 2. The lowest BCUT2D eigenvalue weighted by Gasteiger charge is -2.35. The number of hydrogen-bond acceptors (Lipinski definition) is 5. The molecule has 1 aromatic carbocycles. The highest BCUT2D eigenvalue weighted by Gasteiger charge is 2.33. The lowest BCUT2D eigenvalue weighted by atomic mass is 9.97. The van der Waals surface area contributed by atoms with Crippen molar-refractivity contribution in [2.45, 2.75) is 52.2 Å². The third-order valence-electron chi connectivity index (χ3n) is 7.17. The number of piperidine rings is 1. The van der Waals surface area contributed by atoms with Crippen LogP contribution in [0.3, 0.4) is 0 Å². The molecule has 180 valence electrons. The quantitative estimate of drug-likeness (QED) is 0.632. The molecule has 9 heteroatoms. The van der Waals surface area contributed by atoms with Gasteiger partial charge in [-0.2, -0.15) is 5.10 Å². The highest BCUT2D eigenvalue weighted by atomic mass is 19.2. The maximum atomic E-state index is 14.1. The van der Waals surface area contributed by atoms with Crippen molar-refractivity contribution in [3.05, 3.63) is 58.4 Å². The van der Waals surface area contributed by atoms with Gasteiger partial charge in [0.1, 0.15) is 5.82 Å². The number of β-amino-alcohol motifs (C(OH)–C–C–N with tert-alkyl or cyclic N) is 1. The van der Waals surface area contributed by atoms with Gasteiger partial charge >= 0.3 is 0 Å². The molecule has 0 saturated carbocycles.